The lowest BCUT2D eigenvalue weighted by Crippen LogP contribution is -2.25. The van der Waals surface area contributed by atoms with E-state index in [1.165, 1.54) is 0 Å². The fourth-order valence-electron chi connectivity index (χ4n) is 1.17. The Hall–Kier alpha value is -1.36. The van der Waals surface area contributed by atoms with E-state index in [0.717, 1.165) is 18.5 Å². The fraction of sp³-hybridized carbons (Fsp3) is 0.556. The minimum Gasteiger partial charge on any atom is -0.311 e. The molecule has 1 aromatic heterocycles. The number of aryl methyl sites for hydroxylation is 1. The molecule has 0 aromatic carbocycles. The Balaban J connectivity index is 2.46. The fourth-order valence-corrected chi connectivity index (χ4v) is 1.17. The van der Waals surface area contributed by atoms with Crippen molar-refractivity contribution in [1.82, 2.24) is 15.5 Å². The van der Waals surface area contributed by atoms with E-state index >= 15 is 0 Å². The average molecular weight is 196 g/mol. The van der Waals surface area contributed by atoms with E-state index in [9.17, 15) is 4.79 Å². The summed E-state index contributed by atoms with van der Waals surface area (Å²) in [6, 6.07) is 1.86. The molecule has 5 nitrogen and oxygen atoms in total. The molecule has 0 aliphatic heterocycles. The maximum atomic E-state index is 11.2. The van der Waals surface area contributed by atoms with Crippen molar-refractivity contribution in [2.75, 3.05) is 18.9 Å². The minimum atomic E-state index is -0.0814. The number of hydrogen-bond donors (Lipinski definition) is 3. The Kier molecular flexibility index (Phi) is 4.12. The Bertz CT molecular complexity index is 295. The van der Waals surface area contributed by atoms with Crippen LogP contribution in [0.15, 0.2) is 6.07 Å². The molecule has 1 amide bonds. The van der Waals surface area contributed by atoms with E-state index in [4.69, 9.17) is 0 Å². The van der Waals surface area contributed by atoms with Crippen LogP contribution in [-0.4, -0.2) is 29.7 Å². The van der Waals surface area contributed by atoms with Crippen LogP contribution >= 0.6 is 0 Å². The smallest absolute Gasteiger partial charge is 0.239 e. The molecule has 0 unspecified atom stereocenters. The first kappa shape index (κ1) is 10.7. The number of hydrogen-bond acceptors (Lipinski definition) is 3. The van der Waals surface area contributed by atoms with E-state index in [1.54, 1.807) is 7.05 Å². The minimum absolute atomic E-state index is 0.0814. The van der Waals surface area contributed by atoms with Crippen molar-refractivity contribution in [1.29, 1.82) is 0 Å². The van der Waals surface area contributed by atoms with Crippen molar-refractivity contribution in [3.63, 3.8) is 0 Å². The van der Waals surface area contributed by atoms with Crippen molar-refractivity contribution in [2.24, 2.45) is 0 Å². The lowest BCUT2D eigenvalue weighted by molar-refractivity contribution is -0.115. The molecule has 1 rings (SSSR count). The standard InChI is InChI=1S/C9H16N4O/c1-3-4-7-5-8(13-12-7)11-9(14)6-10-2/h5,10H,3-4,6H2,1-2H3,(H2,11,12,13,14). The first-order valence-electron chi connectivity index (χ1n) is 4.75. The number of anilines is 1. The highest BCUT2D eigenvalue weighted by atomic mass is 16.1. The van der Waals surface area contributed by atoms with Crippen LogP contribution in [0.3, 0.4) is 0 Å². The quantitative estimate of drug-likeness (QED) is 0.643. The number of nitrogens with one attached hydrogen (secondary N) is 3. The molecule has 3 N–H and O–H groups in total. The van der Waals surface area contributed by atoms with Crippen LogP contribution in [0, 0.1) is 0 Å². The zero-order valence-electron chi connectivity index (χ0n) is 8.55. The Labute approximate surface area is 83.3 Å². The summed E-state index contributed by atoms with van der Waals surface area (Å²) in [7, 11) is 1.73. The molecular weight excluding hydrogens is 180 g/mol. The summed E-state index contributed by atoms with van der Waals surface area (Å²) in [6.45, 7) is 2.40. The second kappa shape index (κ2) is 5.39. The van der Waals surface area contributed by atoms with Crippen molar-refractivity contribution in [3.05, 3.63) is 11.8 Å². The molecule has 0 saturated heterocycles. The highest BCUT2D eigenvalue weighted by molar-refractivity contribution is 5.91. The maximum absolute atomic E-state index is 11.2. The van der Waals surface area contributed by atoms with Crippen LogP contribution in [0.1, 0.15) is 19.0 Å². The van der Waals surface area contributed by atoms with Crippen LogP contribution in [0.5, 0.6) is 0 Å². The highest BCUT2D eigenvalue weighted by Crippen LogP contribution is 2.06. The lowest BCUT2D eigenvalue weighted by Gasteiger charge is -1.98. The van der Waals surface area contributed by atoms with Crippen molar-refractivity contribution < 1.29 is 4.79 Å². The molecule has 0 spiro atoms. The van der Waals surface area contributed by atoms with E-state index in [1.807, 2.05) is 6.07 Å². The van der Waals surface area contributed by atoms with Gasteiger partial charge >= 0.3 is 0 Å². The third-order valence-corrected chi connectivity index (χ3v) is 1.76. The van der Waals surface area contributed by atoms with Gasteiger partial charge in [-0.25, -0.2) is 0 Å². The number of amides is 1. The molecule has 0 radical (unpaired) electrons. The summed E-state index contributed by atoms with van der Waals surface area (Å²) in [5, 5.41) is 12.3. The summed E-state index contributed by atoms with van der Waals surface area (Å²) in [5.41, 5.74) is 1.05. The predicted molar refractivity (Wildman–Crippen MR) is 55.1 cm³/mol. The first-order chi connectivity index (χ1) is 6.76. The number of H-pyrrole nitrogens is 1. The lowest BCUT2D eigenvalue weighted by atomic mass is 10.2. The maximum Gasteiger partial charge on any atom is 0.239 e. The van der Waals surface area contributed by atoms with Crippen molar-refractivity contribution in [3.8, 4) is 0 Å². The third kappa shape index (κ3) is 3.18. The summed E-state index contributed by atoms with van der Waals surface area (Å²) in [6.07, 6.45) is 2.01. The number of likely N-dealkylation sites (N-methyl/N-ethyl adjacent to an activating group) is 1. The first-order valence-corrected chi connectivity index (χ1v) is 4.75. The van der Waals surface area contributed by atoms with Gasteiger partial charge < -0.3 is 10.6 Å². The SMILES string of the molecule is CCCc1cc(NC(=O)CNC)n[nH]1. The van der Waals surface area contributed by atoms with Gasteiger partial charge in [0.1, 0.15) is 0 Å². The predicted octanol–water partition coefficient (Wildman–Crippen LogP) is 0.520. The van der Waals surface area contributed by atoms with E-state index in [-0.39, 0.29) is 5.91 Å². The van der Waals surface area contributed by atoms with Gasteiger partial charge in [0.05, 0.1) is 6.54 Å². The summed E-state index contributed by atoms with van der Waals surface area (Å²) >= 11 is 0. The van der Waals surface area contributed by atoms with E-state index in [0.29, 0.717) is 12.4 Å². The zero-order chi connectivity index (χ0) is 10.4. The normalized spacial score (nSPS) is 10.1. The van der Waals surface area contributed by atoms with E-state index in [2.05, 4.69) is 27.8 Å². The number of nitrogens with zero attached hydrogens (tertiary/aromatic N) is 1. The molecule has 1 aromatic rings. The van der Waals surface area contributed by atoms with Gasteiger partial charge in [0.2, 0.25) is 5.91 Å². The Morgan fingerprint density at radius 2 is 2.43 bits per heavy atom. The van der Waals surface area contributed by atoms with Crippen LogP contribution in [0.4, 0.5) is 5.82 Å². The van der Waals surface area contributed by atoms with Gasteiger partial charge in [-0.3, -0.25) is 9.89 Å². The summed E-state index contributed by atoms with van der Waals surface area (Å²) < 4.78 is 0. The van der Waals surface area contributed by atoms with E-state index < -0.39 is 0 Å². The number of rotatable bonds is 5. The molecule has 14 heavy (non-hydrogen) atoms. The topological polar surface area (TPSA) is 69.8 Å². The molecule has 5 heteroatoms. The van der Waals surface area contributed by atoms with Gasteiger partial charge in [0.25, 0.3) is 0 Å². The molecule has 0 aliphatic rings. The highest BCUT2D eigenvalue weighted by Gasteiger charge is 2.03. The largest absolute Gasteiger partial charge is 0.311 e. The number of carbonyl (C=O) groups excluding carboxylic acids is 1. The van der Waals surface area contributed by atoms with Crippen molar-refractivity contribution >= 4 is 11.7 Å². The molecule has 78 valence electrons. The molecule has 0 bridgehead atoms. The van der Waals surface area contributed by atoms with Gasteiger partial charge in [-0.05, 0) is 13.5 Å². The zero-order valence-corrected chi connectivity index (χ0v) is 8.55. The van der Waals surface area contributed by atoms with Crippen LogP contribution in [0.25, 0.3) is 0 Å². The number of carbonyl (C=O) groups is 1. The monoisotopic (exact) mass is 196 g/mol. The number of aromatic amines is 1. The summed E-state index contributed by atoms with van der Waals surface area (Å²) in [4.78, 5) is 11.2. The third-order valence-electron chi connectivity index (χ3n) is 1.76. The van der Waals surface area contributed by atoms with Gasteiger partial charge in [-0.1, -0.05) is 13.3 Å². The molecule has 0 atom stereocenters. The molecular formula is C9H16N4O. The van der Waals surface area contributed by atoms with Crippen LogP contribution in [-0.2, 0) is 11.2 Å². The molecule has 0 saturated carbocycles. The van der Waals surface area contributed by atoms with Gasteiger partial charge in [-0.15, -0.1) is 0 Å². The second-order valence-corrected chi connectivity index (χ2v) is 3.11. The molecule has 0 fully saturated rings. The Morgan fingerprint density at radius 3 is 3.07 bits per heavy atom. The Morgan fingerprint density at radius 1 is 1.64 bits per heavy atom. The van der Waals surface area contributed by atoms with Gasteiger partial charge in [-0.2, -0.15) is 5.10 Å². The second-order valence-electron chi connectivity index (χ2n) is 3.11. The molecule has 0 aliphatic carbocycles. The number of aromatic nitrogens is 2. The van der Waals surface area contributed by atoms with Crippen LogP contribution in [0.2, 0.25) is 0 Å². The van der Waals surface area contributed by atoms with Crippen LogP contribution < -0.4 is 10.6 Å². The average Bonchev–Trinajstić information content (AvgIpc) is 2.53. The molecule has 1 heterocycles. The van der Waals surface area contributed by atoms with Crippen molar-refractivity contribution in [2.45, 2.75) is 19.8 Å². The van der Waals surface area contributed by atoms with Gasteiger partial charge in [0.15, 0.2) is 5.82 Å². The van der Waals surface area contributed by atoms with Gasteiger partial charge in [0, 0.05) is 11.8 Å². The summed E-state index contributed by atoms with van der Waals surface area (Å²) in [5.74, 6) is 0.510.